The molecule has 0 spiro atoms. The summed E-state index contributed by atoms with van der Waals surface area (Å²) < 4.78 is 43.6. The molecule has 2 bridgehead atoms. The van der Waals surface area contributed by atoms with Gasteiger partial charge in [0.1, 0.15) is 12.2 Å². The van der Waals surface area contributed by atoms with Crippen LogP contribution in [-0.2, 0) is 9.53 Å². The lowest BCUT2D eigenvalue weighted by Gasteiger charge is -2.15. The normalized spacial score (nSPS) is 26.0. The van der Waals surface area contributed by atoms with Crippen LogP contribution in [0.5, 0.6) is 0 Å². The van der Waals surface area contributed by atoms with Crippen LogP contribution in [-0.4, -0.2) is 37.4 Å². The van der Waals surface area contributed by atoms with Crippen molar-refractivity contribution in [3.8, 4) is 0 Å². The second kappa shape index (κ2) is 4.74. The lowest BCUT2D eigenvalue weighted by Crippen LogP contribution is -2.51. The number of hydrogen-bond donors (Lipinski definition) is 2. The Morgan fingerprint density at radius 1 is 1.39 bits per heavy atom. The topological polar surface area (TPSA) is 66.0 Å². The monoisotopic (exact) mass is 263 g/mol. The molecule has 0 aliphatic carbocycles. The minimum atomic E-state index is -4.54. The van der Waals surface area contributed by atoms with Crippen molar-refractivity contribution in [2.24, 2.45) is 0 Å². The Bertz CT molecular complexity index is 415. The summed E-state index contributed by atoms with van der Waals surface area (Å²) in [7, 11) is 0. The summed E-state index contributed by atoms with van der Waals surface area (Å²) in [5.74, 6) is -0.701. The smallest absolute Gasteiger partial charge is 0.358 e. The maximum Gasteiger partial charge on any atom is 0.416 e. The molecule has 0 radical (unpaired) electrons. The Labute approximate surface area is 102 Å². The second-order valence-electron chi connectivity index (χ2n) is 4.15. The quantitative estimate of drug-likeness (QED) is 0.551. The Balaban J connectivity index is 2.17. The van der Waals surface area contributed by atoms with Crippen LogP contribution in [0.15, 0.2) is 23.3 Å². The first kappa shape index (κ1) is 13.1. The van der Waals surface area contributed by atoms with Crippen molar-refractivity contribution in [1.82, 2.24) is 5.32 Å². The van der Waals surface area contributed by atoms with Gasteiger partial charge in [0, 0.05) is 13.0 Å². The Morgan fingerprint density at radius 2 is 2.06 bits per heavy atom. The number of ether oxygens (including phenoxy) is 1. The third-order valence-corrected chi connectivity index (χ3v) is 2.88. The zero-order valence-corrected chi connectivity index (χ0v) is 9.59. The lowest BCUT2D eigenvalue weighted by molar-refractivity contribution is -0.367. The van der Waals surface area contributed by atoms with Crippen LogP contribution in [0, 0.1) is 0 Å². The van der Waals surface area contributed by atoms with Crippen molar-refractivity contribution in [2.45, 2.75) is 24.8 Å². The molecule has 4 nitrogen and oxygen atoms in total. The zero-order chi connectivity index (χ0) is 13.3. The fourth-order valence-corrected chi connectivity index (χ4v) is 2.07. The predicted octanol–water partition coefficient (Wildman–Crippen LogP) is -0.0693. The molecular formula is C11H14F3N2O2+. The van der Waals surface area contributed by atoms with Gasteiger partial charge in [0.2, 0.25) is 0 Å². The average Bonchev–Trinajstić information content (AvgIpc) is 2.87. The summed E-state index contributed by atoms with van der Waals surface area (Å²) in [4.78, 5) is 11.8. The molecule has 7 heteroatoms. The highest BCUT2D eigenvalue weighted by molar-refractivity contribution is 5.97. The number of hydrogen-bond acceptors (Lipinski definition) is 2. The van der Waals surface area contributed by atoms with Crippen LogP contribution in [0.4, 0.5) is 13.2 Å². The summed E-state index contributed by atoms with van der Waals surface area (Å²) in [5.41, 5.74) is 2.41. The number of alkyl halides is 3. The second-order valence-corrected chi connectivity index (χ2v) is 4.15. The number of carbonyl (C=O) groups is 1. The summed E-state index contributed by atoms with van der Waals surface area (Å²) in [6.45, 7) is 0.936. The zero-order valence-electron chi connectivity index (χ0n) is 9.59. The molecule has 2 rings (SSSR count). The Morgan fingerprint density at radius 3 is 2.67 bits per heavy atom. The van der Waals surface area contributed by atoms with Gasteiger partial charge in [-0.15, -0.1) is 0 Å². The van der Waals surface area contributed by atoms with E-state index in [0.29, 0.717) is 19.5 Å². The van der Waals surface area contributed by atoms with Gasteiger partial charge < -0.3 is 15.8 Å². The summed E-state index contributed by atoms with van der Waals surface area (Å²) >= 11 is 0. The van der Waals surface area contributed by atoms with E-state index >= 15 is 0 Å². The van der Waals surface area contributed by atoms with Gasteiger partial charge in [0.15, 0.2) is 0 Å². The van der Waals surface area contributed by atoms with E-state index in [0.717, 1.165) is 0 Å². The van der Waals surface area contributed by atoms with Gasteiger partial charge >= 0.3 is 6.18 Å². The molecule has 2 aliphatic rings. The van der Waals surface area contributed by atoms with E-state index in [1.165, 1.54) is 12.2 Å². The van der Waals surface area contributed by atoms with Crippen LogP contribution in [0.1, 0.15) is 6.42 Å². The molecule has 0 aromatic heterocycles. The fraction of sp³-hybridized carbons (Fsp3) is 0.545. The maximum absolute atomic E-state index is 12.9. The van der Waals surface area contributed by atoms with Gasteiger partial charge in [-0.2, -0.15) is 13.2 Å². The Hall–Kier alpha value is -1.34. The average molecular weight is 263 g/mol. The SMILES string of the molecule is [NH3+]CCCNC(=O)C1=C(C(F)(F)F)C2C=CC1O2. The minimum absolute atomic E-state index is 0.306. The summed E-state index contributed by atoms with van der Waals surface area (Å²) in [5, 5.41) is 2.46. The standard InChI is InChI=1S/C11H13F3N2O2/c12-11(13,14)9-7-3-2-6(18-7)8(9)10(17)16-5-1-4-15/h2-3,6-7H,1,4-5,15H2,(H,16,17)/p+1. The van der Waals surface area contributed by atoms with E-state index in [4.69, 9.17) is 4.74 Å². The maximum atomic E-state index is 12.9. The van der Waals surface area contributed by atoms with Crippen LogP contribution in [0.2, 0.25) is 0 Å². The highest BCUT2D eigenvalue weighted by Gasteiger charge is 2.51. The van der Waals surface area contributed by atoms with E-state index < -0.39 is 29.9 Å². The van der Waals surface area contributed by atoms with Crippen LogP contribution in [0.3, 0.4) is 0 Å². The molecule has 0 aromatic rings. The molecule has 1 amide bonds. The van der Waals surface area contributed by atoms with Crippen molar-refractivity contribution in [1.29, 1.82) is 0 Å². The molecule has 0 fully saturated rings. The van der Waals surface area contributed by atoms with E-state index in [2.05, 4.69) is 11.1 Å². The van der Waals surface area contributed by atoms with E-state index in [1.54, 1.807) is 0 Å². The van der Waals surface area contributed by atoms with E-state index in [1.807, 2.05) is 0 Å². The predicted molar refractivity (Wildman–Crippen MR) is 56.3 cm³/mol. The molecule has 100 valence electrons. The first-order valence-electron chi connectivity index (χ1n) is 5.67. The van der Waals surface area contributed by atoms with Crippen molar-refractivity contribution in [3.63, 3.8) is 0 Å². The molecule has 4 N–H and O–H groups in total. The lowest BCUT2D eigenvalue weighted by atomic mass is 9.96. The molecule has 2 atom stereocenters. The number of amides is 1. The van der Waals surface area contributed by atoms with Crippen molar-refractivity contribution in [3.05, 3.63) is 23.3 Å². The van der Waals surface area contributed by atoms with Crippen molar-refractivity contribution >= 4 is 5.91 Å². The van der Waals surface area contributed by atoms with Crippen LogP contribution < -0.4 is 11.1 Å². The number of nitrogens with one attached hydrogen (secondary N) is 1. The van der Waals surface area contributed by atoms with E-state index in [-0.39, 0.29) is 5.57 Å². The first-order valence-corrected chi connectivity index (χ1v) is 5.67. The van der Waals surface area contributed by atoms with Gasteiger partial charge in [-0.25, -0.2) is 0 Å². The van der Waals surface area contributed by atoms with Gasteiger partial charge in [-0.3, -0.25) is 4.79 Å². The molecule has 0 saturated heterocycles. The minimum Gasteiger partial charge on any atom is -0.358 e. The van der Waals surface area contributed by atoms with Crippen LogP contribution >= 0.6 is 0 Å². The highest BCUT2D eigenvalue weighted by atomic mass is 19.4. The number of rotatable bonds is 4. The number of fused-ring (bicyclic) bond motifs is 2. The molecule has 2 heterocycles. The molecular weight excluding hydrogens is 249 g/mol. The third-order valence-electron chi connectivity index (χ3n) is 2.88. The van der Waals surface area contributed by atoms with Gasteiger partial charge in [-0.05, 0) is 0 Å². The summed E-state index contributed by atoms with van der Waals surface area (Å²) in [6.07, 6.45) is -3.10. The molecule has 18 heavy (non-hydrogen) atoms. The largest absolute Gasteiger partial charge is 0.416 e. The first-order chi connectivity index (χ1) is 8.45. The number of carbonyl (C=O) groups excluding carboxylic acids is 1. The van der Waals surface area contributed by atoms with E-state index in [9.17, 15) is 18.0 Å². The van der Waals surface area contributed by atoms with Crippen LogP contribution in [0.25, 0.3) is 0 Å². The van der Waals surface area contributed by atoms with Gasteiger partial charge in [0.05, 0.1) is 17.7 Å². The van der Waals surface area contributed by atoms with Gasteiger partial charge in [0.25, 0.3) is 5.91 Å². The fourth-order valence-electron chi connectivity index (χ4n) is 2.07. The van der Waals surface area contributed by atoms with Gasteiger partial charge in [-0.1, -0.05) is 12.2 Å². The molecule has 2 aliphatic heterocycles. The molecule has 0 aromatic carbocycles. The van der Waals surface area contributed by atoms with Crippen molar-refractivity contribution < 1.29 is 28.4 Å². The molecule has 2 unspecified atom stereocenters. The summed E-state index contributed by atoms with van der Waals surface area (Å²) in [6, 6.07) is 0. The third kappa shape index (κ3) is 2.28. The highest BCUT2D eigenvalue weighted by Crippen LogP contribution is 2.43. The Kier molecular flexibility index (Phi) is 3.45. The number of halogens is 3. The number of quaternary nitrogens is 1. The van der Waals surface area contributed by atoms with Crippen molar-refractivity contribution in [2.75, 3.05) is 13.1 Å². The molecule has 0 saturated carbocycles.